The second-order valence-corrected chi connectivity index (χ2v) is 13.6. The molecule has 0 saturated heterocycles. The van der Waals surface area contributed by atoms with E-state index < -0.39 is 5.60 Å². The van der Waals surface area contributed by atoms with Crippen molar-refractivity contribution in [1.29, 1.82) is 0 Å². The van der Waals surface area contributed by atoms with E-state index in [9.17, 15) is 9.90 Å². The van der Waals surface area contributed by atoms with Gasteiger partial charge in [0.15, 0.2) is 11.6 Å². The van der Waals surface area contributed by atoms with E-state index in [0.29, 0.717) is 42.5 Å². The zero-order valence-electron chi connectivity index (χ0n) is 25.0. The van der Waals surface area contributed by atoms with E-state index in [1.807, 2.05) is 47.2 Å². The van der Waals surface area contributed by atoms with Crippen LogP contribution >= 0.6 is 22.3 Å². The van der Waals surface area contributed by atoms with E-state index >= 15 is 0 Å². The molecule has 1 unspecified atom stereocenters. The number of carbonyl (C=O) groups excluding carboxylic acids is 1. The van der Waals surface area contributed by atoms with E-state index in [2.05, 4.69) is 85.0 Å². The van der Waals surface area contributed by atoms with Crippen LogP contribution in [-0.4, -0.2) is 47.4 Å². The minimum absolute atomic E-state index is 0.193. The fourth-order valence-corrected chi connectivity index (χ4v) is 7.36. The lowest BCUT2D eigenvalue weighted by Crippen LogP contribution is -2.37. The predicted octanol–water partition coefficient (Wildman–Crippen LogP) is 6.39. The Bertz CT molecular complexity index is 1940. The van der Waals surface area contributed by atoms with Crippen LogP contribution in [0.4, 0.5) is 11.5 Å². The first kappa shape index (κ1) is 30.0. The van der Waals surface area contributed by atoms with Gasteiger partial charge in [-0.3, -0.25) is 4.79 Å². The van der Waals surface area contributed by atoms with Crippen molar-refractivity contribution in [3.63, 3.8) is 0 Å². The maximum Gasteiger partial charge on any atom is 0.252 e. The van der Waals surface area contributed by atoms with Crippen molar-refractivity contribution in [2.75, 3.05) is 11.9 Å². The number of anilines is 2. The van der Waals surface area contributed by atoms with Crippen LogP contribution in [0.15, 0.2) is 109 Å². The van der Waals surface area contributed by atoms with Gasteiger partial charge in [-0.25, -0.2) is 9.97 Å². The van der Waals surface area contributed by atoms with Crippen molar-refractivity contribution in [3.05, 3.63) is 126 Å². The third-order valence-electron chi connectivity index (χ3n) is 7.92. The van der Waals surface area contributed by atoms with Gasteiger partial charge in [-0.2, -0.15) is 0 Å². The minimum Gasteiger partial charge on any atom is -0.454 e. The Morgan fingerprint density at radius 2 is 1.76 bits per heavy atom. The number of nitrogens with one attached hydrogen (secondary N) is 2. The number of aromatic nitrogens is 3. The van der Waals surface area contributed by atoms with E-state index in [-0.39, 0.29) is 16.6 Å². The van der Waals surface area contributed by atoms with Gasteiger partial charge in [-0.1, -0.05) is 82.9 Å². The molecule has 0 spiro atoms. The number of rotatable bonds is 12. The number of hydrogen-bond donors (Lipinski definition) is 3. The Morgan fingerprint density at radius 1 is 1.00 bits per heavy atom. The molecule has 5 aromatic rings. The third kappa shape index (κ3) is 6.79. The Hall–Kier alpha value is -4.64. The molecule has 1 fully saturated rings. The zero-order chi connectivity index (χ0) is 31.5. The lowest BCUT2D eigenvalue weighted by molar-refractivity contribution is -0.131. The Morgan fingerprint density at radius 3 is 2.50 bits per heavy atom. The largest absolute Gasteiger partial charge is 0.454 e. The van der Waals surface area contributed by atoms with Crippen LogP contribution in [-0.2, 0) is 23.6 Å². The van der Waals surface area contributed by atoms with Crippen LogP contribution < -0.4 is 15.4 Å². The number of halogens is 1. The summed E-state index contributed by atoms with van der Waals surface area (Å²) < 4.78 is 10.7. The molecule has 0 bridgehead atoms. The van der Waals surface area contributed by atoms with Crippen molar-refractivity contribution >= 4 is 56.1 Å². The molecule has 9 nitrogen and oxygen atoms in total. The fourth-order valence-electron chi connectivity index (χ4n) is 5.29. The van der Waals surface area contributed by atoms with Crippen molar-refractivity contribution in [1.82, 2.24) is 24.2 Å². The van der Waals surface area contributed by atoms with Crippen LogP contribution in [0.5, 0.6) is 5.75 Å². The third-order valence-corrected chi connectivity index (χ3v) is 10.2. The first-order chi connectivity index (χ1) is 22.4. The van der Waals surface area contributed by atoms with Gasteiger partial charge in [-0.15, -0.1) is 0 Å². The summed E-state index contributed by atoms with van der Waals surface area (Å²) >= 11 is 6.76. The number of benzene rings is 3. The van der Waals surface area contributed by atoms with Gasteiger partial charge >= 0.3 is 0 Å². The molecule has 46 heavy (non-hydrogen) atoms. The molecule has 1 amide bonds. The maximum atomic E-state index is 12.1. The van der Waals surface area contributed by atoms with Crippen molar-refractivity contribution in [2.24, 2.45) is 0 Å². The summed E-state index contributed by atoms with van der Waals surface area (Å²) in [5, 5.41) is 18.8. The highest BCUT2D eigenvalue weighted by atomic mass is 35.5. The number of allylic oxidation sites excluding steroid dienone is 1. The second-order valence-electron chi connectivity index (χ2n) is 11.4. The van der Waals surface area contributed by atoms with Gasteiger partial charge in [0.1, 0.15) is 23.2 Å². The monoisotopic (exact) mass is 652 g/mol. The molecule has 11 heteroatoms. The van der Waals surface area contributed by atoms with Crippen LogP contribution in [0.1, 0.15) is 24.0 Å². The normalized spacial score (nSPS) is 16.5. The average molecular weight is 653 g/mol. The van der Waals surface area contributed by atoms with Gasteiger partial charge in [0.05, 0.1) is 23.3 Å². The summed E-state index contributed by atoms with van der Waals surface area (Å²) in [5.41, 5.74) is 3.63. The van der Waals surface area contributed by atoms with Gasteiger partial charge in [-0.05, 0) is 48.2 Å². The second kappa shape index (κ2) is 13.0. The molecule has 0 radical (unpaired) electrons. The standard InChI is InChI=1S/C35H33ClN6O3S/c36-29-19-27(40-33-32-30(38-24-39-33)13-17-41(32)18-16-37-34(43)35(44)14-15-35)11-12-31(29)45-28-21-42(20-25-7-3-1-4-8-25)46(23-28)22-26-9-5-2-6-10-26/h1-13,17,19,21,23-24,44H,14-16,18,20,22H2,(H,37,43)(H,38,39,40). The molecule has 234 valence electrons. The molecular weight excluding hydrogens is 620 g/mol. The fraction of sp³-hybridized carbons (Fsp3) is 0.200. The number of ether oxygens (including phenoxy) is 1. The topological polar surface area (TPSA) is 105 Å². The minimum atomic E-state index is -1.19. The SMILES string of the molecule is O=C(NCCn1ccc2ncnc(Nc3ccc(OC4=CN(Cc5ccccc5)S(Cc5ccccc5)=C4)c(Cl)c3)c21)C1(O)CC1. The first-order valence-corrected chi connectivity index (χ1v) is 16.9. The first-order valence-electron chi connectivity index (χ1n) is 15.1. The van der Waals surface area contributed by atoms with Crippen LogP contribution in [0.25, 0.3) is 11.0 Å². The van der Waals surface area contributed by atoms with Gasteiger partial charge < -0.3 is 29.3 Å². The predicted molar refractivity (Wildman–Crippen MR) is 184 cm³/mol. The Labute approximate surface area is 274 Å². The number of amides is 1. The molecular formula is C35H33ClN6O3S. The van der Waals surface area contributed by atoms with E-state index in [1.54, 1.807) is 0 Å². The molecule has 3 N–H and O–H groups in total. The summed E-state index contributed by atoms with van der Waals surface area (Å²) in [6.45, 7) is 1.65. The Kier molecular flexibility index (Phi) is 8.49. The number of hydrogen-bond acceptors (Lipinski definition) is 7. The van der Waals surface area contributed by atoms with E-state index in [4.69, 9.17) is 16.3 Å². The molecule has 2 aromatic heterocycles. The van der Waals surface area contributed by atoms with Gasteiger partial charge in [0.25, 0.3) is 5.91 Å². The van der Waals surface area contributed by atoms with Gasteiger partial charge in [0, 0.05) is 36.1 Å². The number of fused-ring (bicyclic) bond motifs is 1. The quantitative estimate of drug-likeness (QED) is 0.134. The summed E-state index contributed by atoms with van der Waals surface area (Å²) in [5.74, 6) is 2.49. The smallest absolute Gasteiger partial charge is 0.252 e. The van der Waals surface area contributed by atoms with Crippen LogP contribution in [0.2, 0.25) is 5.02 Å². The summed E-state index contributed by atoms with van der Waals surface area (Å²) in [6, 6.07) is 28.4. The molecule has 7 rings (SSSR count). The van der Waals surface area contributed by atoms with E-state index in [0.717, 1.165) is 34.8 Å². The van der Waals surface area contributed by atoms with E-state index in [1.165, 1.54) is 17.5 Å². The number of carbonyl (C=O) groups is 1. The van der Waals surface area contributed by atoms with Crippen molar-refractivity contribution < 1.29 is 14.6 Å². The highest BCUT2D eigenvalue weighted by molar-refractivity contribution is 8.12. The van der Waals surface area contributed by atoms with Crippen molar-refractivity contribution in [3.8, 4) is 5.75 Å². The summed E-state index contributed by atoms with van der Waals surface area (Å²) in [6.07, 6.45) is 6.51. The number of nitrogens with zero attached hydrogens (tertiary/aromatic N) is 4. The molecule has 1 saturated carbocycles. The van der Waals surface area contributed by atoms with Crippen LogP contribution in [0.3, 0.4) is 0 Å². The molecule has 3 aromatic carbocycles. The van der Waals surface area contributed by atoms with Crippen molar-refractivity contribution in [2.45, 2.75) is 37.3 Å². The average Bonchev–Trinajstić information content (AvgIpc) is 3.52. The lowest BCUT2D eigenvalue weighted by atomic mass is 10.2. The molecule has 1 aliphatic heterocycles. The highest BCUT2D eigenvalue weighted by Gasteiger charge is 2.47. The van der Waals surface area contributed by atoms with Crippen LogP contribution in [0, 0.1) is 0 Å². The molecule has 1 aliphatic carbocycles. The molecule has 3 heterocycles. The highest BCUT2D eigenvalue weighted by Crippen LogP contribution is 2.37. The number of aliphatic hydroxyl groups is 1. The van der Waals surface area contributed by atoms with Gasteiger partial charge in [0.2, 0.25) is 0 Å². The maximum absolute atomic E-state index is 12.1. The lowest BCUT2D eigenvalue weighted by Gasteiger charge is -2.21. The Balaban J connectivity index is 1.06. The summed E-state index contributed by atoms with van der Waals surface area (Å²) in [4.78, 5) is 21.0. The molecule has 2 aliphatic rings. The molecule has 1 atom stereocenters. The summed E-state index contributed by atoms with van der Waals surface area (Å²) in [7, 11) is -0.193. The zero-order valence-corrected chi connectivity index (χ0v) is 26.5.